The largest absolute Gasteiger partial charge is 0.497 e. The van der Waals surface area contributed by atoms with Crippen LogP contribution in [0.25, 0.3) is 0 Å². The van der Waals surface area contributed by atoms with Crippen molar-refractivity contribution in [2.75, 3.05) is 7.11 Å². The maximum absolute atomic E-state index is 13.1. The Bertz CT molecular complexity index is 868. The molecule has 3 heteroatoms. The van der Waals surface area contributed by atoms with Gasteiger partial charge in [-0.1, -0.05) is 60.7 Å². The van der Waals surface area contributed by atoms with Crippen molar-refractivity contribution >= 4 is 11.6 Å². The monoisotopic (exact) mass is 344 g/mol. The van der Waals surface area contributed by atoms with E-state index in [4.69, 9.17) is 4.74 Å². The van der Waals surface area contributed by atoms with Crippen LogP contribution in [0.1, 0.15) is 38.6 Å². The number of rotatable bonds is 7. The zero-order valence-corrected chi connectivity index (χ0v) is 14.6. The van der Waals surface area contributed by atoms with Crippen LogP contribution in [0, 0.1) is 0 Å². The van der Waals surface area contributed by atoms with Crippen LogP contribution < -0.4 is 4.74 Å². The molecule has 0 amide bonds. The third kappa shape index (κ3) is 4.06. The first-order valence-electron chi connectivity index (χ1n) is 8.50. The fraction of sp³-hybridized carbons (Fsp3) is 0.130. The molecule has 0 saturated carbocycles. The van der Waals surface area contributed by atoms with Gasteiger partial charge in [-0.05, 0) is 29.8 Å². The molecule has 0 bridgehead atoms. The predicted molar refractivity (Wildman–Crippen MR) is 102 cm³/mol. The Labute approximate surface area is 153 Å². The smallest absolute Gasteiger partial charge is 0.170 e. The molecule has 0 aliphatic rings. The van der Waals surface area contributed by atoms with E-state index in [0.717, 1.165) is 5.56 Å². The fourth-order valence-electron chi connectivity index (χ4n) is 2.93. The SMILES string of the molecule is COc1ccc(C(=O)C(CC(=O)c2ccccc2)c2ccccc2)cc1. The molecule has 0 aliphatic heterocycles. The van der Waals surface area contributed by atoms with Crippen LogP contribution >= 0.6 is 0 Å². The topological polar surface area (TPSA) is 43.4 Å². The summed E-state index contributed by atoms with van der Waals surface area (Å²) in [5, 5.41) is 0. The molecule has 130 valence electrons. The molecular formula is C23H20O3. The standard InChI is InChI=1S/C23H20O3/c1-26-20-14-12-19(13-15-20)23(25)21(17-8-4-2-5-9-17)16-22(24)18-10-6-3-7-11-18/h2-15,21H,16H2,1H3. The minimum atomic E-state index is -0.516. The Kier molecular flexibility index (Phi) is 5.59. The summed E-state index contributed by atoms with van der Waals surface area (Å²) in [5.41, 5.74) is 2.04. The molecule has 3 aromatic rings. The molecule has 0 aromatic heterocycles. The van der Waals surface area contributed by atoms with Gasteiger partial charge in [-0.15, -0.1) is 0 Å². The lowest BCUT2D eigenvalue weighted by Crippen LogP contribution is -2.17. The number of ketones is 2. The van der Waals surface area contributed by atoms with Crippen molar-refractivity contribution in [3.05, 3.63) is 102 Å². The molecule has 3 rings (SSSR count). The van der Waals surface area contributed by atoms with Crippen molar-refractivity contribution in [1.82, 2.24) is 0 Å². The van der Waals surface area contributed by atoms with Gasteiger partial charge in [0.15, 0.2) is 11.6 Å². The minimum absolute atomic E-state index is 0.0404. The van der Waals surface area contributed by atoms with E-state index in [2.05, 4.69) is 0 Å². The van der Waals surface area contributed by atoms with Gasteiger partial charge in [0.25, 0.3) is 0 Å². The predicted octanol–water partition coefficient (Wildman–Crippen LogP) is 4.93. The molecule has 0 spiro atoms. The van der Waals surface area contributed by atoms with Crippen LogP contribution in [0.15, 0.2) is 84.9 Å². The van der Waals surface area contributed by atoms with E-state index in [0.29, 0.717) is 16.9 Å². The van der Waals surface area contributed by atoms with Gasteiger partial charge in [0.1, 0.15) is 5.75 Å². The van der Waals surface area contributed by atoms with Crippen LogP contribution in [0.3, 0.4) is 0 Å². The van der Waals surface area contributed by atoms with E-state index in [-0.39, 0.29) is 18.0 Å². The number of carbonyl (C=O) groups excluding carboxylic acids is 2. The van der Waals surface area contributed by atoms with Crippen LogP contribution in [-0.4, -0.2) is 18.7 Å². The summed E-state index contributed by atoms with van der Waals surface area (Å²) in [7, 11) is 1.59. The molecular weight excluding hydrogens is 324 g/mol. The van der Waals surface area contributed by atoms with Crippen LogP contribution in [-0.2, 0) is 0 Å². The lowest BCUT2D eigenvalue weighted by molar-refractivity contribution is 0.0893. The lowest BCUT2D eigenvalue weighted by Gasteiger charge is -2.16. The summed E-state index contributed by atoms with van der Waals surface area (Å²) in [4.78, 5) is 25.8. The Hall–Kier alpha value is -3.20. The number of Topliss-reactive ketones (excluding diaryl/α,β-unsaturated/α-hetero) is 2. The Morgan fingerprint density at radius 1 is 0.769 bits per heavy atom. The van der Waals surface area contributed by atoms with Gasteiger partial charge in [-0.25, -0.2) is 0 Å². The number of ether oxygens (including phenoxy) is 1. The van der Waals surface area contributed by atoms with E-state index >= 15 is 0 Å². The molecule has 3 nitrogen and oxygen atoms in total. The number of carbonyl (C=O) groups is 2. The van der Waals surface area contributed by atoms with Crippen LogP contribution in [0.2, 0.25) is 0 Å². The zero-order valence-electron chi connectivity index (χ0n) is 14.6. The van der Waals surface area contributed by atoms with E-state index < -0.39 is 5.92 Å². The first kappa shape index (κ1) is 17.6. The van der Waals surface area contributed by atoms with Crippen molar-refractivity contribution in [2.24, 2.45) is 0 Å². The van der Waals surface area contributed by atoms with E-state index in [1.807, 2.05) is 48.5 Å². The molecule has 0 N–H and O–H groups in total. The highest BCUT2D eigenvalue weighted by molar-refractivity contribution is 6.06. The highest BCUT2D eigenvalue weighted by Crippen LogP contribution is 2.27. The van der Waals surface area contributed by atoms with Gasteiger partial charge in [0, 0.05) is 17.5 Å². The van der Waals surface area contributed by atoms with Gasteiger partial charge in [0.2, 0.25) is 0 Å². The van der Waals surface area contributed by atoms with Gasteiger partial charge >= 0.3 is 0 Å². The number of methoxy groups -OCH3 is 1. The van der Waals surface area contributed by atoms with Crippen molar-refractivity contribution in [3.63, 3.8) is 0 Å². The Balaban J connectivity index is 1.90. The highest BCUT2D eigenvalue weighted by Gasteiger charge is 2.25. The molecule has 0 aliphatic carbocycles. The number of hydrogen-bond donors (Lipinski definition) is 0. The third-order valence-corrected chi connectivity index (χ3v) is 4.38. The summed E-state index contributed by atoms with van der Waals surface area (Å²) in [6.45, 7) is 0. The van der Waals surface area contributed by atoms with E-state index in [1.165, 1.54) is 0 Å². The summed E-state index contributed by atoms with van der Waals surface area (Å²) in [5.74, 6) is 0.0694. The first-order valence-corrected chi connectivity index (χ1v) is 8.50. The number of benzene rings is 3. The highest BCUT2D eigenvalue weighted by atomic mass is 16.5. The lowest BCUT2D eigenvalue weighted by atomic mass is 9.85. The third-order valence-electron chi connectivity index (χ3n) is 4.38. The van der Waals surface area contributed by atoms with Crippen LogP contribution in [0.4, 0.5) is 0 Å². The van der Waals surface area contributed by atoms with Crippen molar-refractivity contribution in [3.8, 4) is 5.75 Å². The van der Waals surface area contributed by atoms with Crippen molar-refractivity contribution in [1.29, 1.82) is 0 Å². The Morgan fingerprint density at radius 3 is 1.92 bits per heavy atom. The Morgan fingerprint density at radius 2 is 1.35 bits per heavy atom. The second-order valence-corrected chi connectivity index (χ2v) is 6.05. The molecule has 0 heterocycles. The van der Waals surface area contributed by atoms with E-state index in [9.17, 15) is 9.59 Å². The summed E-state index contributed by atoms with van der Waals surface area (Å²) in [6, 6.07) is 25.5. The average Bonchev–Trinajstić information content (AvgIpc) is 2.72. The maximum Gasteiger partial charge on any atom is 0.170 e. The molecule has 1 atom stereocenters. The van der Waals surface area contributed by atoms with Gasteiger partial charge < -0.3 is 4.74 Å². The average molecular weight is 344 g/mol. The minimum Gasteiger partial charge on any atom is -0.497 e. The second-order valence-electron chi connectivity index (χ2n) is 6.05. The van der Waals surface area contributed by atoms with Gasteiger partial charge in [0.05, 0.1) is 13.0 Å². The van der Waals surface area contributed by atoms with Gasteiger partial charge in [-0.3, -0.25) is 9.59 Å². The maximum atomic E-state index is 13.1. The number of hydrogen-bond acceptors (Lipinski definition) is 3. The first-order chi connectivity index (χ1) is 12.7. The molecule has 0 fully saturated rings. The molecule has 1 unspecified atom stereocenters. The summed E-state index contributed by atoms with van der Waals surface area (Å²) >= 11 is 0. The fourth-order valence-corrected chi connectivity index (χ4v) is 2.93. The normalized spacial score (nSPS) is 11.6. The summed E-state index contributed by atoms with van der Waals surface area (Å²) in [6.07, 6.45) is 0.138. The van der Waals surface area contributed by atoms with Crippen molar-refractivity contribution < 1.29 is 14.3 Å². The molecule has 0 saturated heterocycles. The molecule has 3 aromatic carbocycles. The zero-order chi connectivity index (χ0) is 18.4. The second kappa shape index (κ2) is 8.26. The quantitative estimate of drug-likeness (QED) is 0.571. The van der Waals surface area contributed by atoms with Crippen LogP contribution in [0.5, 0.6) is 5.75 Å². The summed E-state index contributed by atoms with van der Waals surface area (Å²) < 4.78 is 5.15. The van der Waals surface area contributed by atoms with E-state index in [1.54, 1.807) is 43.5 Å². The van der Waals surface area contributed by atoms with Gasteiger partial charge in [-0.2, -0.15) is 0 Å². The molecule has 0 radical (unpaired) electrons. The van der Waals surface area contributed by atoms with Crippen molar-refractivity contribution in [2.45, 2.75) is 12.3 Å². The molecule has 26 heavy (non-hydrogen) atoms.